The van der Waals surface area contributed by atoms with E-state index >= 15 is 0 Å². The van der Waals surface area contributed by atoms with E-state index in [1.165, 1.54) is 4.90 Å². The molecular formula is C23H26N4O3. The second-order valence-corrected chi connectivity index (χ2v) is 7.24. The van der Waals surface area contributed by atoms with Gasteiger partial charge >= 0.3 is 5.69 Å². The summed E-state index contributed by atoms with van der Waals surface area (Å²) < 4.78 is 2.21. The molecule has 0 saturated carbocycles. The zero-order valence-corrected chi connectivity index (χ0v) is 17.8. The molecule has 1 heterocycles. The van der Waals surface area contributed by atoms with Gasteiger partial charge in [-0.05, 0) is 45.4 Å². The number of aromatic nitrogens is 3. The molecule has 3 aromatic rings. The zero-order valence-electron chi connectivity index (χ0n) is 17.8. The molecule has 0 aliphatic rings. The summed E-state index contributed by atoms with van der Waals surface area (Å²) in [7, 11) is 0. The topological polar surface area (TPSA) is 77.2 Å². The number of hydrogen-bond acceptors (Lipinski definition) is 4. The van der Waals surface area contributed by atoms with Crippen molar-refractivity contribution in [2.24, 2.45) is 0 Å². The third kappa shape index (κ3) is 4.25. The molecule has 3 rings (SSSR count). The molecule has 0 aliphatic heterocycles. The number of carbonyl (C=O) groups is 1. The molecule has 156 valence electrons. The second-order valence-electron chi connectivity index (χ2n) is 7.24. The maximum Gasteiger partial charge on any atom is 0.352 e. The molecule has 2 aromatic carbocycles. The minimum absolute atomic E-state index is 0.0618. The third-order valence-corrected chi connectivity index (χ3v) is 5.01. The van der Waals surface area contributed by atoms with E-state index < -0.39 is 17.2 Å². The molecule has 7 nitrogen and oxygen atoms in total. The molecule has 0 aliphatic carbocycles. The quantitative estimate of drug-likeness (QED) is 0.630. The first kappa shape index (κ1) is 21.2. The first-order valence-electron chi connectivity index (χ1n) is 10.0. The molecule has 0 spiro atoms. The van der Waals surface area contributed by atoms with Gasteiger partial charge in [0.1, 0.15) is 0 Å². The summed E-state index contributed by atoms with van der Waals surface area (Å²) in [5, 5.41) is 4.19. The summed E-state index contributed by atoms with van der Waals surface area (Å²) >= 11 is 0. The minimum atomic E-state index is -0.679. The van der Waals surface area contributed by atoms with Gasteiger partial charge in [-0.2, -0.15) is 9.78 Å². The van der Waals surface area contributed by atoms with Gasteiger partial charge in [-0.15, -0.1) is 0 Å². The van der Waals surface area contributed by atoms with Crippen LogP contribution in [0.3, 0.4) is 0 Å². The van der Waals surface area contributed by atoms with Gasteiger partial charge in [-0.1, -0.05) is 47.5 Å². The number of aryl methyl sites for hydroxylation is 2. The van der Waals surface area contributed by atoms with Gasteiger partial charge in [0.05, 0.1) is 12.2 Å². The van der Waals surface area contributed by atoms with Crippen molar-refractivity contribution in [3.63, 3.8) is 0 Å². The van der Waals surface area contributed by atoms with Crippen molar-refractivity contribution >= 4 is 5.91 Å². The zero-order chi connectivity index (χ0) is 21.8. The fourth-order valence-corrected chi connectivity index (χ4v) is 3.30. The highest BCUT2D eigenvalue weighted by molar-refractivity contribution is 5.91. The summed E-state index contributed by atoms with van der Waals surface area (Å²) in [4.78, 5) is 40.8. The summed E-state index contributed by atoms with van der Waals surface area (Å²) in [5.41, 5.74) is 1.83. The molecule has 0 fully saturated rings. The predicted molar refractivity (Wildman–Crippen MR) is 116 cm³/mol. The summed E-state index contributed by atoms with van der Waals surface area (Å²) in [6.45, 7) is 8.50. The van der Waals surface area contributed by atoms with E-state index in [1.54, 1.807) is 12.1 Å². The highest BCUT2D eigenvalue weighted by Gasteiger charge is 2.23. The third-order valence-electron chi connectivity index (χ3n) is 5.01. The Balaban J connectivity index is 2.24. The van der Waals surface area contributed by atoms with E-state index in [0.29, 0.717) is 18.8 Å². The lowest BCUT2D eigenvalue weighted by Gasteiger charge is -2.19. The molecule has 30 heavy (non-hydrogen) atoms. The molecule has 7 heteroatoms. The maximum atomic E-state index is 13.2. The van der Waals surface area contributed by atoms with Crippen molar-refractivity contribution in [1.82, 2.24) is 19.2 Å². The Morgan fingerprint density at radius 2 is 1.63 bits per heavy atom. The molecule has 0 unspecified atom stereocenters. The number of carbonyl (C=O) groups excluding carboxylic acids is 1. The second kappa shape index (κ2) is 8.90. The minimum Gasteiger partial charge on any atom is -0.338 e. The standard InChI is InChI=1S/C23H26N4O3/c1-5-25(6-2)21(28)20-22(29)26(15-18-9-7-8-17(4)14-18)23(30)27(24-20)19-12-10-16(3)11-13-19/h7-14H,5-6,15H2,1-4H3. The number of nitrogens with zero attached hydrogens (tertiary/aromatic N) is 4. The average Bonchev–Trinajstić information content (AvgIpc) is 2.73. The van der Waals surface area contributed by atoms with Gasteiger partial charge in [0.2, 0.25) is 5.69 Å². The Labute approximate surface area is 175 Å². The molecule has 1 amide bonds. The number of rotatable bonds is 6. The molecule has 1 aromatic heterocycles. The van der Waals surface area contributed by atoms with Crippen LogP contribution >= 0.6 is 0 Å². The normalized spacial score (nSPS) is 10.8. The number of hydrogen-bond donors (Lipinski definition) is 0. The van der Waals surface area contributed by atoms with Crippen LogP contribution in [0, 0.1) is 13.8 Å². The van der Waals surface area contributed by atoms with Crippen LogP contribution < -0.4 is 11.2 Å². The van der Waals surface area contributed by atoms with E-state index in [1.807, 2.05) is 64.1 Å². The van der Waals surface area contributed by atoms with Crippen LogP contribution in [0.4, 0.5) is 0 Å². The van der Waals surface area contributed by atoms with Crippen molar-refractivity contribution in [3.8, 4) is 5.69 Å². The van der Waals surface area contributed by atoms with E-state index in [0.717, 1.165) is 25.9 Å². The lowest BCUT2D eigenvalue weighted by molar-refractivity contribution is 0.0761. The highest BCUT2D eigenvalue weighted by Crippen LogP contribution is 2.08. The Hall–Kier alpha value is -3.48. The lowest BCUT2D eigenvalue weighted by Crippen LogP contribution is -2.46. The highest BCUT2D eigenvalue weighted by atomic mass is 16.2. The Morgan fingerprint density at radius 3 is 2.23 bits per heavy atom. The Morgan fingerprint density at radius 1 is 0.967 bits per heavy atom. The van der Waals surface area contributed by atoms with Crippen molar-refractivity contribution in [1.29, 1.82) is 0 Å². The molecule has 0 radical (unpaired) electrons. The van der Waals surface area contributed by atoms with Crippen molar-refractivity contribution in [3.05, 3.63) is 91.8 Å². The van der Waals surface area contributed by atoms with Gasteiger partial charge in [-0.3, -0.25) is 14.2 Å². The molecule has 0 atom stereocenters. The van der Waals surface area contributed by atoms with Crippen LogP contribution in [0.25, 0.3) is 5.69 Å². The van der Waals surface area contributed by atoms with Gasteiger partial charge in [-0.25, -0.2) is 4.79 Å². The van der Waals surface area contributed by atoms with Gasteiger partial charge < -0.3 is 4.90 Å². The first-order valence-corrected chi connectivity index (χ1v) is 10.0. The number of benzene rings is 2. The summed E-state index contributed by atoms with van der Waals surface area (Å²) in [5.74, 6) is -0.483. The SMILES string of the molecule is CCN(CC)C(=O)c1nn(-c2ccc(C)cc2)c(=O)n(Cc2cccc(C)c2)c1=O. The first-order chi connectivity index (χ1) is 14.3. The van der Waals surface area contributed by atoms with Gasteiger partial charge in [0.15, 0.2) is 0 Å². The fraction of sp³-hybridized carbons (Fsp3) is 0.304. The van der Waals surface area contributed by atoms with Crippen LogP contribution in [-0.4, -0.2) is 38.2 Å². The average molecular weight is 406 g/mol. The fourth-order valence-electron chi connectivity index (χ4n) is 3.30. The van der Waals surface area contributed by atoms with E-state index in [4.69, 9.17) is 0 Å². The van der Waals surface area contributed by atoms with E-state index in [-0.39, 0.29) is 12.2 Å². The Bertz CT molecular complexity index is 1170. The molecule has 0 bridgehead atoms. The smallest absolute Gasteiger partial charge is 0.338 e. The van der Waals surface area contributed by atoms with Crippen LogP contribution in [0.15, 0.2) is 58.1 Å². The van der Waals surface area contributed by atoms with E-state index in [9.17, 15) is 14.4 Å². The molecule has 0 N–H and O–H groups in total. The maximum absolute atomic E-state index is 13.2. The summed E-state index contributed by atoms with van der Waals surface area (Å²) in [6, 6.07) is 14.8. The van der Waals surface area contributed by atoms with Crippen molar-refractivity contribution in [2.75, 3.05) is 13.1 Å². The largest absolute Gasteiger partial charge is 0.352 e. The van der Waals surface area contributed by atoms with Gasteiger partial charge in [0.25, 0.3) is 11.5 Å². The lowest BCUT2D eigenvalue weighted by atomic mass is 10.1. The Kier molecular flexibility index (Phi) is 6.30. The van der Waals surface area contributed by atoms with Crippen LogP contribution in [0.1, 0.15) is 41.0 Å². The molecule has 0 saturated heterocycles. The monoisotopic (exact) mass is 406 g/mol. The van der Waals surface area contributed by atoms with Gasteiger partial charge in [0, 0.05) is 13.1 Å². The van der Waals surface area contributed by atoms with Crippen molar-refractivity contribution < 1.29 is 4.79 Å². The van der Waals surface area contributed by atoms with Crippen LogP contribution in [0.2, 0.25) is 0 Å². The summed E-state index contributed by atoms with van der Waals surface area (Å²) in [6.07, 6.45) is 0. The van der Waals surface area contributed by atoms with Crippen LogP contribution in [-0.2, 0) is 6.54 Å². The molecular weight excluding hydrogens is 380 g/mol. The number of amides is 1. The van der Waals surface area contributed by atoms with Crippen LogP contribution in [0.5, 0.6) is 0 Å². The van der Waals surface area contributed by atoms with Crippen molar-refractivity contribution in [2.45, 2.75) is 34.2 Å². The van der Waals surface area contributed by atoms with E-state index in [2.05, 4.69) is 5.10 Å². The predicted octanol–water partition coefficient (Wildman–Crippen LogP) is 2.54.